The van der Waals surface area contributed by atoms with Crippen LogP contribution in [-0.2, 0) is 26.2 Å². The standard InChI is InChI=1S/C30H34Cl3N3O4S/c1-19-10-13-23(14-11-19)41(39,40)36(27-15-12-22(31)16-20(27)2)18-28(37)35(21(3)29(38)34-30(4,5)6)17-24-25(32)8-7-9-26(24)33/h7-16,21H,17-18H2,1-6H3,(H,34,38)/t21-/m1/s1. The Morgan fingerprint density at radius 3 is 2.05 bits per heavy atom. The number of rotatable bonds is 9. The van der Waals surface area contributed by atoms with Gasteiger partial charge in [-0.15, -0.1) is 0 Å². The molecule has 0 aliphatic heterocycles. The van der Waals surface area contributed by atoms with E-state index in [9.17, 15) is 18.0 Å². The number of halogens is 3. The second kappa shape index (κ2) is 13.0. The lowest BCUT2D eigenvalue weighted by Gasteiger charge is -2.34. The van der Waals surface area contributed by atoms with Crippen molar-refractivity contribution in [3.05, 3.63) is 92.4 Å². The summed E-state index contributed by atoms with van der Waals surface area (Å²) in [5.41, 5.74) is 1.60. The molecule has 220 valence electrons. The van der Waals surface area contributed by atoms with E-state index in [2.05, 4.69) is 5.32 Å². The van der Waals surface area contributed by atoms with Gasteiger partial charge in [-0.2, -0.15) is 0 Å². The van der Waals surface area contributed by atoms with E-state index in [-0.39, 0.29) is 17.1 Å². The summed E-state index contributed by atoms with van der Waals surface area (Å²) >= 11 is 19.0. The van der Waals surface area contributed by atoms with Gasteiger partial charge >= 0.3 is 0 Å². The molecule has 1 atom stereocenters. The zero-order chi connectivity index (χ0) is 30.7. The second-order valence-electron chi connectivity index (χ2n) is 10.9. The van der Waals surface area contributed by atoms with Crippen LogP contribution >= 0.6 is 34.8 Å². The molecule has 0 aromatic heterocycles. The van der Waals surface area contributed by atoms with Gasteiger partial charge in [0, 0.05) is 32.7 Å². The van der Waals surface area contributed by atoms with Gasteiger partial charge in [0.25, 0.3) is 10.0 Å². The number of hydrogen-bond acceptors (Lipinski definition) is 4. The van der Waals surface area contributed by atoms with Crippen LogP contribution in [0.15, 0.2) is 65.6 Å². The monoisotopic (exact) mass is 637 g/mol. The lowest BCUT2D eigenvalue weighted by Crippen LogP contribution is -2.54. The quantitative estimate of drug-likeness (QED) is 0.280. The van der Waals surface area contributed by atoms with Crippen molar-refractivity contribution in [2.24, 2.45) is 0 Å². The molecule has 0 spiro atoms. The molecule has 0 aliphatic rings. The van der Waals surface area contributed by atoms with Gasteiger partial charge in [-0.25, -0.2) is 8.42 Å². The largest absolute Gasteiger partial charge is 0.350 e. The highest BCUT2D eigenvalue weighted by Crippen LogP contribution is 2.31. The number of nitrogens with zero attached hydrogens (tertiary/aromatic N) is 2. The van der Waals surface area contributed by atoms with Crippen LogP contribution in [0, 0.1) is 13.8 Å². The van der Waals surface area contributed by atoms with Gasteiger partial charge in [0.15, 0.2) is 0 Å². The van der Waals surface area contributed by atoms with E-state index in [1.807, 2.05) is 27.7 Å². The molecular weight excluding hydrogens is 605 g/mol. The number of nitrogens with one attached hydrogen (secondary N) is 1. The molecule has 0 fully saturated rings. The number of carbonyl (C=O) groups is 2. The van der Waals surface area contributed by atoms with Crippen molar-refractivity contribution in [1.29, 1.82) is 0 Å². The summed E-state index contributed by atoms with van der Waals surface area (Å²) in [6.45, 7) is 9.92. The Bertz CT molecular complexity index is 1520. The van der Waals surface area contributed by atoms with E-state index in [1.165, 1.54) is 17.0 Å². The van der Waals surface area contributed by atoms with Crippen LogP contribution in [0.1, 0.15) is 44.4 Å². The van der Waals surface area contributed by atoms with Crippen LogP contribution in [0.25, 0.3) is 0 Å². The minimum atomic E-state index is -4.21. The van der Waals surface area contributed by atoms with Crippen molar-refractivity contribution in [3.8, 4) is 0 Å². The Kier molecular flexibility index (Phi) is 10.4. The first-order valence-electron chi connectivity index (χ1n) is 12.9. The molecule has 3 aromatic rings. The van der Waals surface area contributed by atoms with E-state index in [4.69, 9.17) is 34.8 Å². The minimum Gasteiger partial charge on any atom is -0.350 e. The number of sulfonamides is 1. The molecule has 0 aliphatic carbocycles. The van der Waals surface area contributed by atoms with Gasteiger partial charge in [-0.05, 0) is 89.6 Å². The van der Waals surface area contributed by atoms with Crippen molar-refractivity contribution < 1.29 is 18.0 Å². The summed E-state index contributed by atoms with van der Waals surface area (Å²) < 4.78 is 29.0. The Morgan fingerprint density at radius 1 is 0.927 bits per heavy atom. The van der Waals surface area contributed by atoms with E-state index >= 15 is 0 Å². The summed E-state index contributed by atoms with van der Waals surface area (Å²) in [5.74, 6) is -1.03. The van der Waals surface area contributed by atoms with E-state index in [0.717, 1.165) is 9.87 Å². The fourth-order valence-corrected chi connectivity index (χ4v) is 6.38. The summed E-state index contributed by atoms with van der Waals surface area (Å²) in [6, 6.07) is 15.1. The zero-order valence-corrected chi connectivity index (χ0v) is 26.9. The van der Waals surface area contributed by atoms with Crippen molar-refractivity contribution >= 4 is 62.3 Å². The molecule has 0 saturated heterocycles. The molecule has 3 aromatic carbocycles. The van der Waals surface area contributed by atoms with Crippen LogP contribution < -0.4 is 9.62 Å². The van der Waals surface area contributed by atoms with Crippen LogP contribution in [0.5, 0.6) is 0 Å². The van der Waals surface area contributed by atoms with Gasteiger partial charge in [-0.3, -0.25) is 13.9 Å². The summed E-state index contributed by atoms with van der Waals surface area (Å²) in [6.07, 6.45) is 0. The average molecular weight is 639 g/mol. The van der Waals surface area contributed by atoms with E-state index in [0.29, 0.717) is 26.2 Å². The predicted molar refractivity (Wildman–Crippen MR) is 166 cm³/mol. The van der Waals surface area contributed by atoms with Gasteiger partial charge in [-0.1, -0.05) is 58.6 Å². The third-order valence-corrected chi connectivity index (χ3v) is 9.09. The minimum absolute atomic E-state index is 0.0180. The van der Waals surface area contributed by atoms with Crippen molar-refractivity contribution in [2.75, 3.05) is 10.8 Å². The number of amides is 2. The predicted octanol–water partition coefficient (Wildman–Crippen LogP) is 6.79. The summed E-state index contributed by atoms with van der Waals surface area (Å²) in [4.78, 5) is 28.7. The molecule has 1 N–H and O–H groups in total. The second-order valence-corrected chi connectivity index (χ2v) is 14.0. The van der Waals surface area contributed by atoms with Crippen LogP contribution in [0.3, 0.4) is 0 Å². The lowest BCUT2D eigenvalue weighted by molar-refractivity contribution is -0.140. The summed E-state index contributed by atoms with van der Waals surface area (Å²) in [5, 5.41) is 3.94. The third kappa shape index (κ3) is 8.16. The lowest BCUT2D eigenvalue weighted by atomic mass is 10.1. The van der Waals surface area contributed by atoms with Gasteiger partial charge in [0.2, 0.25) is 11.8 Å². The molecule has 0 heterocycles. The Labute approximate surface area is 257 Å². The maximum Gasteiger partial charge on any atom is 0.264 e. The maximum absolute atomic E-state index is 14.1. The molecule has 2 amide bonds. The van der Waals surface area contributed by atoms with Crippen molar-refractivity contribution in [1.82, 2.24) is 10.2 Å². The molecule has 0 unspecified atom stereocenters. The molecule has 0 bridgehead atoms. The highest BCUT2D eigenvalue weighted by molar-refractivity contribution is 7.92. The first-order chi connectivity index (χ1) is 19.0. The van der Waals surface area contributed by atoms with Gasteiger partial charge in [0.05, 0.1) is 10.6 Å². The van der Waals surface area contributed by atoms with Crippen LogP contribution in [0.4, 0.5) is 5.69 Å². The Hall–Kier alpha value is -2.78. The molecule has 0 saturated carbocycles. The molecule has 0 radical (unpaired) electrons. The van der Waals surface area contributed by atoms with Crippen LogP contribution in [0.2, 0.25) is 15.1 Å². The normalized spacial score (nSPS) is 12.5. The highest BCUT2D eigenvalue weighted by Gasteiger charge is 2.34. The number of carbonyl (C=O) groups excluding carboxylic acids is 2. The van der Waals surface area contributed by atoms with E-state index < -0.39 is 40.0 Å². The maximum atomic E-state index is 14.1. The smallest absolute Gasteiger partial charge is 0.264 e. The molecule has 7 nitrogen and oxygen atoms in total. The SMILES string of the molecule is Cc1ccc(S(=O)(=O)N(CC(=O)N(Cc2c(Cl)cccc2Cl)[C@H](C)C(=O)NC(C)(C)C)c2ccc(Cl)cc2C)cc1. The summed E-state index contributed by atoms with van der Waals surface area (Å²) in [7, 11) is -4.21. The molecule has 11 heteroatoms. The van der Waals surface area contributed by atoms with Crippen LogP contribution in [-0.4, -0.2) is 43.3 Å². The number of hydrogen-bond donors (Lipinski definition) is 1. The van der Waals surface area contributed by atoms with E-state index in [1.54, 1.807) is 62.4 Å². The fourth-order valence-electron chi connectivity index (χ4n) is 4.16. The topological polar surface area (TPSA) is 86.8 Å². The zero-order valence-electron chi connectivity index (χ0n) is 23.8. The Morgan fingerprint density at radius 2 is 1.51 bits per heavy atom. The van der Waals surface area contributed by atoms with Crippen molar-refractivity contribution in [3.63, 3.8) is 0 Å². The number of benzene rings is 3. The number of aryl methyl sites for hydroxylation is 2. The average Bonchev–Trinajstić information content (AvgIpc) is 2.86. The molecule has 3 rings (SSSR count). The Balaban J connectivity index is 2.11. The van der Waals surface area contributed by atoms with Gasteiger partial charge in [0.1, 0.15) is 12.6 Å². The van der Waals surface area contributed by atoms with Gasteiger partial charge < -0.3 is 10.2 Å². The van der Waals surface area contributed by atoms with Crippen molar-refractivity contribution in [2.45, 2.75) is 64.6 Å². The fraction of sp³-hybridized carbons (Fsp3) is 0.333. The highest BCUT2D eigenvalue weighted by atomic mass is 35.5. The first-order valence-corrected chi connectivity index (χ1v) is 15.5. The number of anilines is 1. The third-order valence-electron chi connectivity index (χ3n) is 6.37. The molecular formula is C30H34Cl3N3O4S. The first kappa shape index (κ1) is 32.7. The molecule has 41 heavy (non-hydrogen) atoms.